The zero-order valence-electron chi connectivity index (χ0n) is 35.0. The van der Waals surface area contributed by atoms with E-state index in [-0.39, 0.29) is 55.3 Å². The number of hydrogen-bond donors (Lipinski definition) is 1. The zero-order chi connectivity index (χ0) is 43.6. The fourth-order valence-electron chi connectivity index (χ4n) is 8.74. The molecule has 3 aliphatic carbocycles. The molecule has 0 unspecified atom stereocenters. The maximum Gasteiger partial charge on any atom is 0.306 e. The number of methoxy groups -OCH3 is 1. The molecule has 2 aliphatic heterocycles. The van der Waals surface area contributed by atoms with E-state index in [2.05, 4.69) is 9.97 Å². The fraction of sp³-hybridized carbons (Fsp3) is 0.738. The van der Waals surface area contributed by atoms with Gasteiger partial charge in [-0.1, -0.05) is 40.5 Å². The minimum atomic E-state index is -4.20. The number of aromatic nitrogens is 2. The smallest absolute Gasteiger partial charge is 0.306 e. The topological polar surface area (TPSA) is 163 Å². The molecular weight excluding hydrogens is 813 g/mol. The molecule has 0 radical (unpaired) electrons. The molecule has 1 aromatic heterocycles. The van der Waals surface area contributed by atoms with Crippen LogP contribution in [0.4, 0.5) is 17.6 Å². The largest absolute Gasteiger partial charge is 0.497 e. The summed E-state index contributed by atoms with van der Waals surface area (Å²) in [6.45, 7) is 7.79. The first-order chi connectivity index (χ1) is 28.1. The van der Waals surface area contributed by atoms with Crippen molar-refractivity contribution in [3.05, 3.63) is 23.9 Å². The Hall–Kier alpha value is -3.80. The summed E-state index contributed by atoms with van der Waals surface area (Å²) in [7, 11) is -2.75. The van der Waals surface area contributed by atoms with Gasteiger partial charge in [0.1, 0.15) is 24.2 Å². The van der Waals surface area contributed by atoms with Gasteiger partial charge in [-0.2, -0.15) is 8.78 Å². The molecule has 8 atom stereocenters. The minimum absolute atomic E-state index is 0.0117. The Morgan fingerprint density at radius 2 is 1.80 bits per heavy atom. The normalized spacial score (nSPS) is 31.6. The lowest BCUT2D eigenvalue weighted by molar-refractivity contribution is -0.162. The molecule has 5 aliphatic rings. The van der Waals surface area contributed by atoms with Crippen molar-refractivity contribution in [3.63, 3.8) is 0 Å². The number of carbonyl (C=O) groups is 3. The zero-order valence-corrected chi connectivity index (χ0v) is 35.8. The molecule has 2 bridgehead atoms. The van der Waals surface area contributed by atoms with Crippen molar-refractivity contribution < 1.29 is 59.3 Å². The van der Waals surface area contributed by atoms with Crippen LogP contribution in [-0.2, 0) is 39.8 Å². The van der Waals surface area contributed by atoms with Gasteiger partial charge in [0.2, 0.25) is 34.1 Å². The molecule has 1 aromatic carbocycles. The standard InChI is InChI=1S/C42H56F4N4O9S/c1-7-10-25-31-21-50(37(25)57-22-41(20-27(41)34(43)44)38(53)49-60(54,55)40(5)15-16-40)36(52)26(39(2,3)4)19-32(51)58-30-17-23(30)11-8-9-14-42(45,46)33-35(59-31)48-29-18-24(56-6)12-13-28(29)47-33/h12-13,18,23,25-27,30-31,34,37H,7-11,14-17,19-22H2,1-6H3,(H,49,53)/t23-,25-,26-,27+,30-,31+,37-,41-/m1/s1. The SMILES string of the molecule is CCC[C@@H]1[C@@H]2CN(C(=O)[C@H](C(C)(C)C)CC(=O)O[C@@H]3C[C@H]3CCCCC(F)(F)c3nc4ccc(OC)cc4nc3O2)[C@@H]1OC[C@]1(C(=O)NS(=O)(=O)C2(C)CC2)C[C@H]1C(F)F. The van der Waals surface area contributed by atoms with Crippen molar-refractivity contribution in [1.29, 1.82) is 0 Å². The number of ether oxygens (including phenoxy) is 4. The lowest BCUT2D eigenvalue weighted by Gasteiger charge is -2.36. The van der Waals surface area contributed by atoms with E-state index in [4.69, 9.17) is 18.9 Å². The molecule has 3 saturated carbocycles. The number of nitrogens with one attached hydrogen (secondary N) is 1. The highest BCUT2D eigenvalue weighted by Crippen LogP contribution is 2.57. The van der Waals surface area contributed by atoms with Gasteiger partial charge in [0.15, 0.2) is 5.69 Å². The van der Waals surface area contributed by atoms with Crippen LogP contribution in [-0.4, -0.2) is 90.9 Å². The number of carbonyl (C=O) groups excluding carboxylic acids is 3. The van der Waals surface area contributed by atoms with Crippen LogP contribution in [0, 0.1) is 34.5 Å². The minimum Gasteiger partial charge on any atom is -0.497 e. The molecule has 1 saturated heterocycles. The molecule has 2 aromatic rings. The van der Waals surface area contributed by atoms with Crippen molar-refractivity contribution in [2.45, 2.75) is 141 Å². The second-order valence-corrected chi connectivity index (χ2v) is 21.0. The van der Waals surface area contributed by atoms with E-state index in [1.165, 1.54) is 31.1 Å². The molecule has 1 N–H and O–H groups in total. The monoisotopic (exact) mass is 868 g/mol. The highest BCUT2D eigenvalue weighted by molar-refractivity contribution is 7.91. The van der Waals surface area contributed by atoms with Gasteiger partial charge in [-0.25, -0.2) is 27.2 Å². The summed E-state index contributed by atoms with van der Waals surface area (Å²) >= 11 is 0. The van der Waals surface area contributed by atoms with Gasteiger partial charge in [0.05, 0.1) is 53.8 Å². The van der Waals surface area contributed by atoms with Crippen LogP contribution in [0.1, 0.15) is 111 Å². The lowest BCUT2D eigenvalue weighted by atomic mass is 9.77. The van der Waals surface area contributed by atoms with Crippen LogP contribution in [0.15, 0.2) is 18.2 Å². The van der Waals surface area contributed by atoms with Crippen LogP contribution < -0.4 is 14.2 Å². The summed E-state index contributed by atoms with van der Waals surface area (Å²) in [5.41, 5.74) is -3.02. The summed E-state index contributed by atoms with van der Waals surface area (Å²) in [4.78, 5) is 52.4. The van der Waals surface area contributed by atoms with Gasteiger partial charge in [0, 0.05) is 24.3 Å². The quantitative estimate of drug-likeness (QED) is 0.195. The summed E-state index contributed by atoms with van der Waals surface area (Å²) in [6.07, 6.45) is -3.74. The number of halogens is 4. The van der Waals surface area contributed by atoms with Gasteiger partial charge < -0.3 is 23.8 Å². The predicted molar refractivity (Wildman–Crippen MR) is 210 cm³/mol. The van der Waals surface area contributed by atoms with Crippen molar-refractivity contribution in [2.24, 2.45) is 34.5 Å². The number of esters is 1. The van der Waals surface area contributed by atoms with Gasteiger partial charge in [-0.05, 0) is 75.3 Å². The average Bonchev–Trinajstić information content (AvgIpc) is 4.12. The molecule has 7 rings (SSSR count). The van der Waals surface area contributed by atoms with Gasteiger partial charge in [-0.15, -0.1) is 0 Å². The van der Waals surface area contributed by atoms with E-state index < -0.39 is 110 Å². The van der Waals surface area contributed by atoms with E-state index in [9.17, 15) is 31.6 Å². The predicted octanol–water partition coefficient (Wildman–Crippen LogP) is 6.91. The third-order valence-electron chi connectivity index (χ3n) is 13.3. The van der Waals surface area contributed by atoms with Crippen LogP contribution >= 0.6 is 0 Å². The van der Waals surface area contributed by atoms with Crippen molar-refractivity contribution in [1.82, 2.24) is 19.6 Å². The Labute approximate surface area is 348 Å². The molecule has 2 amide bonds. The molecular formula is C42H56F4N4O9S. The molecule has 60 heavy (non-hydrogen) atoms. The van der Waals surface area contributed by atoms with E-state index in [0.717, 1.165) is 0 Å². The summed E-state index contributed by atoms with van der Waals surface area (Å²) in [5.74, 6) is -9.06. The van der Waals surface area contributed by atoms with Crippen molar-refractivity contribution in [2.75, 3.05) is 20.3 Å². The lowest BCUT2D eigenvalue weighted by Crippen LogP contribution is -2.49. The van der Waals surface area contributed by atoms with E-state index >= 15 is 8.78 Å². The van der Waals surface area contributed by atoms with Crippen molar-refractivity contribution in [3.8, 4) is 11.6 Å². The Balaban J connectivity index is 1.29. The fourth-order valence-corrected chi connectivity index (χ4v) is 10.1. The number of rotatable bonds is 10. The highest BCUT2D eigenvalue weighted by Gasteiger charge is 2.66. The molecule has 3 heterocycles. The first-order valence-electron chi connectivity index (χ1n) is 21.0. The van der Waals surface area contributed by atoms with Gasteiger partial charge in [0.25, 0.3) is 5.92 Å². The van der Waals surface area contributed by atoms with Crippen molar-refractivity contribution >= 4 is 38.8 Å². The van der Waals surface area contributed by atoms with Crippen LogP contribution in [0.25, 0.3) is 11.0 Å². The molecule has 0 spiro atoms. The Kier molecular flexibility index (Phi) is 11.9. The Morgan fingerprint density at radius 3 is 2.43 bits per heavy atom. The highest BCUT2D eigenvalue weighted by atomic mass is 32.2. The first-order valence-corrected chi connectivity index (χ1v) is 22.5. The van der Waals surface area contributed by atoms with E-state index in [1.54, 1.807) is 26.8 Å². The average molecular weight is 869 g/mol. The van der Waals surface area contributed by atoms with Gasteiger partial charge >= 0.3 is 5.97 Å². The second kappa shape index (κ2) is 16.2. The number of amides is 2. The van der Waals surface area contributed by atoms with E-state index in [0.29, 0.717) is 44.3 Å². The summed E-state index contributed by atoms with van der Waals surface area (Å²) in [5, 5.41) is 0. The molecule has 18 heteroatoms. The number of nitrogens with zero attached hydrogens (tertiary/aromatic N) is 3. The third kappa shape index (κ3) is 8.78. The number of fused-ring (bicyclic) bond motifs is 5. The molecule has 332 valence electrons. The van der Waals surface area contributed by atoms with Crippen LogP contribution in [0.2, 0.25) is 0 Å². The maximum atomic E-state index is 16.4. The summed E-state index contributed by atoms with van der Waals surface area (Å²) in [6, 6.07) is 4.65. The van der Waals surface area contributed by atoms with Gasteiger partial charge in [-0.3, -0.25) is 19.1 Å². The number of benzene rings is 1. The Morgan fingerprint density at radius 1 is 1.07 bits per heavy atom. The third-order valence-corrected chi connectivity index (χ3v) is 15.4. The molecule has 13 nitrogen and oxygen atoms in total. The Bertz CT molecular complexity index is 2100. The van der Waals surface area contributed by atoms with Crippen LogP contribution in [0.3, 0.4) is 0 Å². The maximum absolute atomic E-state index is 16.4. The molecule has 4 fully saturated rings. The first kappa shape index (κ1) is 44.3. The second-order valence-electron chi connectivity index (χ2n) is 18.8. The number of hydrogen-bond acceptors (Lipinski definition) is 11. The number of sulfonamides is 1. The summed E-state index contributed by atoms with van der Waals surface area (Å²) < 4.78 is 113. The number of alkyl halides is 4. The van der Waals surface area contributed by atoms with Crippen LogP contribution in [0.5, 0.6) is 11.6 Å². The van der Waals surface area contributed by atoms with E-state index in [1.807, 2.05) is 11.6 Å².